The molecular formula is C25H30N4O5. The number of hydrogen-bond acceptors (Lipinski definition) is 4. The molecule has 0 spiro atoms. The summed E-state index contributed by atoms with van der Waals surface area (Å²) >= 11 is 0. The minimum absolute atomic E-state index is 0.0214. The number of carbonyl (C=O) groups is 3. The van der Waals surface area contributed by atoms with Crippen LogP contribution in [0.15, 0.2) is 24.3 Å². The lowest BCUT2D eigenvalue weighted by Gasteiger charge is -2.32. The summed E-state index contributed by atoms with van der Waals surface area (Å²) in [6, 6.07) is 9.83. The first-order valence-corrected chi connectivity index (χ1v) is 11.9. The molecule has 2 saturated carbocycles. The molecule has 0 radical (unpaired) electrons. The van der Waals surface area contributed by atoms with Crippen molar-refractivity contribution >= 4 is 28.9 Å². The molecule has 34 heavy (non-hydrogen) atoms. The summed E-state index contributed by atoms with van der Waals surface area (Å²) in [4.78, 5) is 36.1. The summed E-state index contributed by atoms with van der Waals surface area (Å²) < 4.78 is 1.91. The molecule has 2 fully saturated rings. The molecule has 2 amide bonds. The van der Waals surface area contributed by atoms with E-state index in [1.54, 1.807) is 0 Å². The van der Waals surface area contributed by atoms with Crippen molar-refractivity contribution in [2.24, 2.45) is 5.92 Å². The van der Waals surface area contributed by atoms with E-state index in [9.17, 15) is 19.5 Å². The maximum absolute atomic E-state index is 12.9. The minimum Gasteiger partial charge on any atom is -0.480 e. The van der Waals surface area contributed by atoms with Gasteiger partial charge in [0.05, 0.1) is 6.07 Å². The first-order chi connectivity index (χ1) is 16.3. The molecule has 1 aromatic carbocycles. The van der Waals surface area contributed by atoms with E-state index in [4.69, 9.17) is 10.4 Å². The van der Waals surface area contributed by atoms with E-state index in [0.717, 1.165) is 54.3 Å². The first-order valence-electron chi connectivity index (χ1n) is 11.9. The second kappa shape index (κ2) is 9.75. The SMILES string of the molecule is N#CC1(NC(=O)O)CC1.O=C(O)Cn1c2c(c3ccccc31)CN(C(=O)C1CCCCC1)CC2. The molecule has 5 rings (SSSR count). The summed E-state index contributed by atoms with van der Waals surface area (Å²) in [6.45, 7) is 1.28. The van der Waals surface area contributed by atoms with Gasteiger partial charge in [0.1, 0.15) is 12.1 Å². The molecule has 3 N–H and O–H groups in total. The van der Waals surface area contributed by atoms with Gasteiger partial charge in [0, 0.05) is 47.6 Å². The number of fused-ring (bicyclic) bond motifs is 3. The maximum Gasteiger partial charge on any atom is 0.405 e. The van der Waals surface area contributed by atoms with Crippen LogP contribution in [0, 0.1) is 17.2 Å². The number of para-hydroxylation sites is 1. The van der Waals surface area contributed by atoms with E-state index in [1.807, 2.05) is 39.8 Å². The smallest absolute Gasteiger partial charge is 0.405 e. The van der Waals surface area contributed by atoms with Crippen LogP contribution in [0.3, 0.4) is 0 Å². The Kier molecular flexibility index (Phi) is 6.77. The van der Waals surface area contributed by atoms with E-state index in [1.165, 1.54) is 6.42 Å². The number of aromatic nitrogens is 1. The molecule has 2 heterocycles. The zero-order valence-electron chi connectivity index (χ0n) is 19.1. The number of benzene rings is 1. The van der Waals surface area contributed by atoms with Crippen LogP contribution in [0.4, 0.5) is 4.79 Å². The molecule has 0 atom stereocenters. The van der Waals surface area contributed by atoms with Gasteiger partial charge in [-0.05, 0) is 31.7 Å². The summed E-state index contributed by atoms with van der Waals surface area (Å²) in [5.74, 6) is -0.354. The predicted octanol–water partition coefficient (Wildman–Crippen LogP) is 3.50. The Morgan fingerprint density at radius 3 is 2.41 bits per heavy atom. The van der Waals surface area contributed by atoms with Gasteiger partial charge in [-0.2, -0.15) is 5.26 Å². The lowest BCUT2D eigenvalue weighted by molar-refractivity contribution is -0.138. The van der Waals surface area contributed by atoms with Gasteiger partial charge in [0.15, 0.2) is 0 Å². The average Bonchev–Trinajstić information content (AvgIpc) is 3.55. The summed E-state index contributed by atoms with van der Waals surface area (Å²) in [6.07, 6.45) is 6.51. The lowest BCUT2D eigenvalue weighted by Crippen LogP contribution is -2.40. The number of nitrogens with one attached hydrogen (secondary N) is 1. The van der Waals surface area contributed by atoms with Crippen molar-refractivity contribution in [1.29, 1.82) is 5.26 Å². The van der Waals surface area contributed by atoms with Crippen molar-refractivity contribution in [2.45, 2.75) is 70.0 Å². The molecule has 180 valence electrons. The molecular weight excluding hydrogens is 436 g/mol. The van der Waals surface area contributed by atoms with Gasteiger partial charge in [0.2, 0.25) is 5.91 Å². The highest BCUT2D eigenvalue weighted by atomic mass is 16.4. The van der Waals surface area contributed by atoms with E-state index < -0.39 is 17.6 Å². The normalized spacial score (nSPS) is 18.7. The number of carboxylic acid groups (broad SMARTS) is 2. The highest BCUT2D eigenvalue weighted by Gasteiger charge is 2.44. The second-order valence-corrected chi connectivity index (χ2v) is 9.39. The quantitative estimate of drug-likeness (QED) is 0.631. The first kappa shape index (κ1) is 23.6. The molecule has 1 aliphatic heterocycles. The summed E-state index contributed by atoms with van der Waals surface area (Å²) in [7, 11) is 0. The van der Waals surface area contributed by atoms with E-state index in [-0.39, 0.29) is 12.5 Å². The van der Waals surface area contributed by atoms with Crippen LogP contribution in [-0.2, 0) is 29.1 Å². The summed E-state index contributed by atoms with van der Waals surface area (Å²) in [5.41, 5.74) is 2.44. The molecule has 1 aromatic heterocycles. The molecule has 2 aliphatic carbocycles. The summed E-state index contributed by atoms with van der Waals surface area (Å²) in [5, 5.41) is 29.0. The second-order valence-electron chi connectivity index (χ2n) is 9.39. The highest BCUT2D eigenvalue weighted by molar-refractivity contribution is 5.88. The third-order valence-electron chi connectivity index (χ3n) is 7.03. The van der Waals surface area contributed by atoms with E-state index in [2.05, 4.69) is 5.32 Å². The van der Waals surface area contributed by atoms with E-state index >= 15 is 0 Å². The molecule has 3 aliphatic rings. The van der Waals surface area contributed by atoms with Crippen LogP contribution in [0.2, 0.25) is 0 Å². The zero-order valence-corrected chi connectivity index (χ0v) is 19.1. The Hall–Kier alpha value is -3.54. The molecule has 0 saturated heterocycles. The van der Waals surface area contributed by atoms with Crippen molar-refractivity contribution in [3.8, 4) is 6.07 Å². The average molecular weight is 467 g/mol. The number of amides is 2. The number of rotatable bonds is 4. The van der Waals surface area contributed by atoms with Gasteiger partial charge in [-0.1, -0.05) is 37.5 Å². The number of hydrogen-bond donors (Lipinski definition) is 3. The van der Waals surface area contributed by atoms with Gasteiger partial charge in [-0.15, -0.1) is 0 Å². The fourth-order valence-corrected chi connectivity index (χ4v) is 5.11. The number of carbonyl (C=O) groups excluding carboxylic acids is 1. The Labute approximate surface area is 197 Å². The largest absolute Gasteiger partial charge is 0.480 e. The van der Waals surface area contributed by atoms with Crippen LogP contribution < -0.4 is 5.32 Å². The van der Waals surface area contributed by atoms with Gasteiger partial charge in [-0.25, -0.2) is 4.79 Å². The third-order valence-corrected chi connectivity index (χ3v) is 7.03. The molecule has 2 aromatic rings. The number of nitriles is 1. The van der Waals surface area contributed by atoms with Crippen molar-refractivity contribution in [2.75, 3.05) is 6.54 Å². The third kappa shape index (κ3) is 5.01. The van der Waals surface area contributed by atoms with Crippen LogP contribution in [0.5, 0.6) is 0 Å². The lowest BCUT2D eigenvalue weighted by atomic mass is 9.87. The van der Waals surface area contributed by atoms with Crippen molar-refractivity contribution < 1.29 is 24.6 Å². The minimum atomic E-state index is -1.12. The zero-order chi connectivity index (χ0) is 24.3. The van der Waals surface area contributed by atoms with E-state index in [0.29, 0.717) is 31.8 Å². The molecule has 9 nitrogen and oxygen atoms in total. The van der Waals surface area contributed by atoms with Gasteiger partial charge in [-0.3, -0.25) is 9.59 Å². The Morgan fingerprint density at radius 2 is 1.82 bits per heavy atom. The Morgan fingerprint density at radius 1 is 1.12 bits per heavy atom. The fourth-order valence-electron chi connectivity index (χ4n) is 5.11. The molecule has 0 bridgehead atoms. The van der Waals surface area contributed by atoms with Crippen molar-refractivity contribution in [3.63, 3.8) is 0 Å². The fraction of sp³-hybridized carbons (Fsp3) is 0.520. The predicted molar refractivity (Wildman–Crippen MR) is 124 cm³/mol. The van der Waals surface area contributed by atoms with Crippen LogP contribution >= 0.6 is 0 Å². The standard InChI is InChI=1S/C20H24N2O3.C5H6N2O2/c23-19(24)13-22-17-9-5-4-8-15(17)16-12-21(11-10-18(16)22)20(25)14-6-2-1-3-7-14;6-3-5(1-2-5)7-4(8)9/h4-5,8-9,14H,1-3,6-7,10-13H2,(H,23,24);7H,1-2H2,(H,8,9). The van der Waals surface area contributed by atoms with Crippen LogP contribution in [-0.4, -0.2) is 49.7 Å². The Bertz CT molecular complexity index is 1140. The van der Waals surface area contributed by atoms with Crippen LogP contribution in [0.25, 0.3) is 10.9 Å². The monoisotopic (exact) mass is 466 g/mol. The van der Waals surface area contributed by atoms with Crippen molar-refractivity contribution in [3.05, 3.63) is 35.5 Å². The van der Waals surface area contributed by atoms with Gasteiger partial charge >= 0.3 is 12.1 Å². The number of aliphatic carboxylic acids is 1. The number of carboxylic acids is 1. The Balaban J connectivity index is 0.000000257. The van der Waals surface area contributed by atoms with Gasteiger partial charge in [0.25, 0.3) is 0 Å². The molecule has 0 unspecified atom stereocenters. The number of nitrogens with zero attached hydrogens (tertiary/aromatic N) is 3. The van der Waals surface area contributed by atoms with Gasteiger partial charge < -0.3 is 25.0 Å². The molecule has 9 heteroatoms. The topological polar surface area (TPSA) is 136 Å². The maximum atomic E-state index is 12.9. The van der Waals surface area contributed by atoms with Crippen LogP contribution in [0.1, 0.15) is 56.2 Å². The van der Waals surface area contributed by atoms with Crippen molar-refractivity contribution in [1.82, 2.24) is 14.8 Å². The highest BCUT2D eigenvalue weighted by Crippen LogP contribution is 2.34.